The van der Waals surface area contributed by atoms with Gasteiger partial charge in [-0.25, -0.2) is 0 Å². The molecule has 2 aromatic heterocycles. The first-order chi connectivity index (χ1) is 48.1. The van der Waals surface area contributed by atoms with Crippen molar-refractivity contribution in [3.63, 3.8) is 0 Å². The van der Waals surface area contributed by atoms with Gasteiger partial charge in [0, 0.05) is 77.6 Å². The molecule has 0 aliphatic heterocycles. The average Bonchev–Trinajstić information content (AvgIpc) is 1.57. The van der Waals surface area contributed by atoms with Crippen LogP contribution in [0.25, 0.3) is 110 Å². The van der Waals surface area contributed by atoms with Gasteiger partial charge in [-0.3, -0.25) is 0 Å². The van der Waals surface area contributed by atoms with Gasteiger partial charge < -0.3 is 18.9 Å². The molecule has 4 heteroatoms. The van der Waals surface area contributed by atoms with Gasteiger partial charge in [-0.2, -0.15) is 0 Å². The van der Waals surface area contributed by atoms with Gasteiger partial charge in [-0.15, -0.1) is 0 Å². The Labute approximate surface area is 572 Å². The van der Waals surface area contributed by atoms with Crippen LogP contribution in [0, 0.1) is 0 Å². The van der Waals surface area contributed by atoms with E-state index in [1.54, 1.807) is 0 Å². The largest absolute Gasteiger partial charge is 0.310 e. The molecule has 15 aromatic carbocycles. The Morgan fingerprint density at radius 1 is 0.224 bits per heavy atom. The fraction of sp³-hybridized carbons (Fsp3) is 0.0638. The Hall–Kier alpha value is -12.2. The van der Waals surface area contributed by atoms with Crippen LogP contribution in [-0.2, 0) is 10.8 Å². The monoisotopic (exact) mass is 1250 g/mol. The first-order valence-electron chi connectivity index (χ1n) is 34.1. The third kappa shape index (κ3) is 9.58. The summed E-state index contributed by atoms with van der Waals surface area (Å²) in [6.45, 7) is 9.51. The fourth-order valence-corrected chi connectivity index (χ4v) is 16.1. The second kappa shape index (κ2) is 23.3. The number of rotatable bonds is 10. The van der Waals surface area contributed by atoms with Crippen LogP contribution in [-0.4, -0.2) is 9.13 Å². The first-order valence-corrected chi connectivity index (χ1v) is 34.1. The third-order valence-corrected chi connectivity index (χ3v) is 21.0. The predicted molar refractivity (Wildman–Crippen MR) is 414 cm³/mol. The molecule has 2 aliphatic carbocycles. The molecular weight excluding hydrogens is 1190 g/mol. The smallest absolute Gasteiger partial charge is 0.0541 e. The lowest BCUT2D eigenvalue weighted by atomic mass is 9.82. The maximum Gasteiger partial charge on any atom is 0.0541 e. The number of aromatic nitrogens is 2. The van der Waals surface area contributed by atoms with Crippen molar-refractivity contribution in [3.8, 4) is 55.9 Å². The second-order valence-electron chi connectivity index (χ2n) is 27.2. The van der Waals surface area contributed by atoms with Crippen LogP contribution in [0.4, 0.5) is 34.1 Å². The second-order valence-corrected chi connectivity index (χ2v) is 27.2. The van der Waals surface area contributed by atoms with E-state index in [4.69, 9.17) is 0 Å². The highest BCUT2D eigenvalue weighted by Gasteiger charge is 2.38. The third-order valence-electron chi connectivity index (χ3n) is 21.0. The molecule has 2 heterocycles. The van der Waals surface area contributed by atoms with E-state index in [9.17, 15) is 0 Å². The first kappa shape index (κ1) is 58.3. The molecule has 0 N–H and O–H groups in total. The molecule has 0 atom stereocenters. The van der Waals surface area contributed by atoms with Gasteiger partial charge >= 0.3 is 0 Å². The summed E-state index contributed by atoms with van der Waals surface area (Å²) in [5.41, 5.74) is 29.4. The lowest BCUT2D eigenvalue weighted by Crippen LogP contribution is -2.17. The van der Waals surface area contributed by atoms with E-state index in [-0.39, 0.29) is 10.8 Å². The lowest BCUT2D eigenvalue weighted by Gasteiger charge is -2.29. The molecule has 2 aliphatic rings. The van der Waals surface area contributed by atoms with Gasteiger partial charge in [0.15, 0.2) is 0 Å². The Bertz CT molecular complexity index is 5720. The van der Waals surface area contributed by atoms with E-state index < -0.39 is 0 Å². The molecule has 0 saturated carbocycles. The molecule has 98 heavy (non-hydrogen) atoms. The number of fused-ring (bicyclic) bond motifs is 13. The van der Waals surface area contributed by atoms with Crippen LogP contribution in [0.15, 0.2) is 352 Å². The summed E-state index contributed by atoms with van der Waals surface area (Å²) in [7, 11) is 0. The van der Waals surface area contributed by atoms with E-state index in [0.29, 0.717) is 0 Å². The molecule has 466 valence electrons. The molecule has 0 bridgehead atoms. The molecule has 17 aromatic rings. The van der Waals surface area contributed by atoms with Crippen molar-refractivity contribution in [1.29, 1.82) is 0 Å². The summed E-state index contributed by atoms with van der Waals surface area (Å²) in [5.74, 6) is 0. The summed E-state index contributed by atoms with van der Waals surface area (Å²) in [5, 5.41) is 7.62. The summed E-state index contributed by atoms with van der Waals surface area (Å²) in [4.78, 5) is 4.80. The zero-order valence-electron chi connectivity index (χ0n) is 55.3. The minimum absolute atomic E-state index is 0.170. The normalized spacial score (nSPS) is 13.1. The van der Waals surface area contributed by atoms with Gasteiger partial charge in [0.1, 0.15) is 0 Å². The van der Waals surface area contributed by atoms with E-state index in [0.717, 1.165) is 22.7 Å². The Morgan fingerprint density at radius 3 is 0.959 bits per heavy atom. The van der Waals surface area contributed by atoms with Crippen LogP contribution in [0.2, 0.25) is 0 Å². The standard InChI is InChI=1S/C51H38N2.C43H32N2/c1-51(2)47-33-41(29-31-43(47)44-32-30-42(34-48(44)51)53-49-19-11-9-17-45(49)46-18-10-12-20-50(46)53)52(39-25-21-37(22-26-39)35-13-5-3-6-14-35)40-27-23-38(24-28-40)36-15-7-4-8-16-36;1-43(2)38-27-31(44(30-15-4-3-5-16-30)40-22-12-14-29-13-6-7-17-33(29)40)23-25-34(38)35-26-24-32(28-39(35)43)45-41-20-10-8-18-36(41)37-19-9-11-21-42(37)45/h3-34H,1-2H3;3-28H,1-2H3. The minimum Gasteiger partial charge on any atom is -0.310 e. The lowest BCUT2D eigenvalue weighted by molar-refractivity contribution is 0.660. The van der Waals surface area contributed by atoms with Crippen molar-refractivity contribution in [2.75, 3.05) is 9.80 Å². The number of hydrogen-bond donors (Lipinski definition) is 0. The van der Waals surface area contributed by atoms with Crippen molar-refractivity contribution in [2.45, 2.75) is 38.5 Å². The van der Waals surface area contributed by atoms with E-state index in [2.05, 4.69) is 398 Å². The highest BCUT2D eigenvalue weighted by molar-refractivity contribution is 6.11. The Morgan fingerprint density at radius 2 is 0.531 bits per heavy atom. The average molecular weight is 1260 g/mol. The summed E-state index contributed by atoms with van der Waals surface area (Å²) < 4.78 is 4.85. The van der Waals surface area contributed by atoms with E-state index in [1.165, 1.54) is 144 Å². The van der Waals surface area contributed by atoms with Crippen molar-refractivity contribution in [3.05, 3.63) is 374 Å². The molecule has 19 rings (SSSR count). The number of anilines is 6. The van der Waals surface area contributed by atoms with Gasteiger partial charge in [0.2, 0.25) is 0 Å². The molecular formula is C94H70N4. The summed E-state index contributed by atoms with van der Waals surface area (Å²) in [6, 6.07) is 128. The maximum absolute atomic E-state index is 2.43. The van der Waals surface area contributed by atoms with E-state index in [1.807, 2.05) is 0 Å². The number of nitrogens with zero attached hydrogens (tertiary/aromatic N) is 4. The van der Waals surface area contributed by atoms with Crippen molar-refractivity contribution in [1.82, 2.24) is 9.13 Å². The molecule has 4 nitrogen and oxygen atoms in total. The SMILES string of the molecule is CC1(C)c2cc(N(c3ccc(-c4ccccc4)cc3)c3ccc(-c4ccccc4)cc3)ccc2-c2ccc(-n3c4ccccc4c4ccccc43)cc21.CC1(C)c2cc(N(c3ccccc3)c3cccc4ccccc34)ccc2-c2ccc(-n3c4ccccc4c4ccccc43)cc21. The number of para-hydroxylation sites is 5. The molecule has 0 amide bonds. The van der Waals surface area contributed by atoms with Gasteiger partial charge in [0.05, 0.1) is 27.8 Å². The van der Waals surface area contributed by atoms with Gasteiger partial charge in [0.25, 0.3) is 0 Å². The maximum atomic E-state index is 2.43. The van der Waals surface area contributed by atoms with Crippen LogP contribution >= 0.6 is 0 Å². The van der Waals surface area contributed by atoms with Crippen LogP contribution in [0.1, 0.15) is 49.9 Å². The zero-order valence-corrected chi connectivity index (χ0v) is 55.3. The van der Waals surface area contributed by atoms with Crippen molar-refractivity contribution >= 4 is 88.5 Å². The molecule has 0 spiro atoms. The van der Waals surface area contributed by atoms with Gasteiger partial charge in [-0.05, 0) is 187 Å². The quantitative estimate of drug-likeness (QED) is 0.136. The highest BCUT2D eigenvalue weighted by Crippen LogP contribution is 2.54. The van der Waals surface area contributed by atoms with Gasteiger partial charge in [-0.1, -0.05) is 264 Å². The number of hydrogen-bond acceptors (Lipinski definition) is 2. The zero-order chi connectivity index (χ0) is 65.6. The van der Waals surface area contributed by atoms with Crippen LogP contribution < -0.4 is 9.80 Å². The molecule has 0 unspecified atom stereocenters. The van der Waals surface area contributed by atoms with Crippen molar-refractivity contribution < 1.29 is 0 Å². The number of benzene rings is 15. The van der Waals surface area contributed by atoms with Crippen LogP contribution in [0.5, 0.6) is 0 Å². The highest BCUT2D eigenvalue weighted by atomic mass is 15.1. The predicted octanol–water partition coefficient (Wildman–Crippen LogP) is 25.6. The van der Waals surface area contributed by atoms with Crippen LogP contribution in [0.3, 0.4) is 0 Å². The molecule has 0 fully saturated rings. The molecule has 0 saturated heterocycles. The fourth-order valence-electron chi connectivity index (χ4n) is 16.1. The molecule has 0 radical (unpaired) electrons. The summed E-state index contributed by atoms with van der Waals surface area (Å²) in [6.07, 6.45) is 0. The topological polar surface area (TPSA) is 16.3 Å². The van der Waals surface area contributed by atoms with Crippen molar-refractivity contribution in [2.24, 2.45) is 0 Å². The van der Waals surface area contributed by atoms with E-state index >= 15 is 0 Å². The summed E-state index contributed by atoms with van der Waals surface area (Å²) >= 11 is 0. The Balaban J connectivity index is 0.000000144. The minimum atomic E-state index is -0.199. The Kier molecular flexibility index (Phi) is 13.9.